The number of hydrogen-bond donors (Lipinski definition) is 2. The second-order valence-electron chi connectivity index (χ2n) is 5.48. The highest BCUT2D eigenvalue weighted by molar-refractivity contribution is 5.97. The highest BCUT2D eigenvalue weighted by Gasteiger charge is 2.40. The van der Waals surface area contributed by atoms with Gasteiger partial charge in [0.2, 0.25) is 5.91 Å². The van der Waals surface area contributed by atoms with Crippen molar-refractivity contribution < 1.29 is 9.59 Å². The van der Waals surface area contributed by atoms with Gasteiger partial charge >= 0.3 is 0 Å². The minimum Gasteiger partial charge on any atom is -0.399 e. The maximum atomic E-state index is 12.4. The van der Waals surface area contributed by atoms with Crippen LogP contribution in [0, 0.1) is 12.3 Å². The van der Waals surface area contributed by atoms with Crippen LogP contribution in [0.3, 0.4) is 0 Å². The van der Waals surface area contributed by atoms with Crippen LogP contribution in [0.4, 0.5) is 5.69 Å². The third kappa shape index (κ3) is 2.41. The number of amides is 2. The number of rotatable bonds is 2. The van der Waals surface area contributed by atoms with Gasteiger partial charge in [-0.05, 0) is 38.0 Å². The SMILES string of the molecule is Cc1ccc(N)cc1C(=O)N1CCC(C)(C(N)=O)C1. The molecule has 102 valence electrons. The van der Waals surface area contributed by atoms with Crippen LogP contribution in [0.2, 0.25) is 0 Å². The molecule has 1 fully saturated rings. The lowest BCUT2D eigenvalue weighted by molar-refractivity contribution is -0.126. The minimum absolute atomic E-state index is 0.0882. The Morgan fingerprint density at radius 2 is 2.05 bits per heavy atom. The van der Waals surface area contributed by atoms with Gasteiger partial charge in [-0.3, -0.25) is 9.59 Å². The highest BCUT2D eigenvalue weighted by Crippen LogP contribution is 2.30. The molecule has 19 heavy (non-hydrogen) atoms. The minimum atomic E-state index is -0.621. The van der Waals surface area contributed by atoms with Crippen LogP contribution in [0.15, 0.2) is 18.2 Å². The average Bonchev–Trinajstić information content (AvgIpc) is 2.76. The molecule has 1 aromatic rings. The van der Waals surface area contributed by atoms with E-state index in [0.29, 0.717) is 30.8 Å². The molecule has 4 N–H and O–H groups in total. The first-order chi connectivity index (χ1) is 8.83. The zero-order chi connectivity index (χ0) is 14.2. The van der Waals surface area contributed by atoms with E-state index in [1.807, 2.05) is 13.0 Å². The number of carbonyl (C=O) groups is 2. The Balaban J connectivity index is 2.22. The number of carbonyl (C=O) groups excluding carboxylic acids is 2. The molecule has 5 heteroatoms. The lowest BCUT2D eigenvalue weighted by Gasteiger charge is -2.21. The number of aryl methyl sites for hydroxylation is 1. The quantitative estimate of drug-likeness (QED) is 0.775. The van der Waals surface area contributed by atoms with Gasteiger partial charge in [0.25, 0.3) is 5.91 Å². The molecule has 5 nitrogen and oxygen atoms in total. The van der Waals surface area contributed by atoms with E-state index in [9.17, 15) is 9.59 Å². The number of primary amides is 1. The van der Waals surface area contributed by atoms with Crippen molar-refractivity contribution in [1.29, 1.82) is 0 Å². The Labute approximate surface area is 112 Å². The van der Waals surface area contributed by atoms with E-state index in [1.54, 1.807) is 24.0 Å². The van der Waals surface area contributed by atoms with Gasteiger partial charge in [0.05, 0.1) is 5.41 Å². The monoisotopic (exact) mass is 261 g/mol. The van der Waals surface area contributed by atoms with Crippen LogP contribution in [0.1, 0.15) is 29.3 Å². The van der Waals surface area contributed by atoms with Crippen LogP contribution in [-0.4, -0.2) is 29.8 Å². The molecule has 1 atom stereocenters. The predicted octanol–water partition coefficient (Wildman–Crippen LogP) is 0.915. The van der Waals surface area contributed by atoms with Crippen molar-refractivity contribution in [1.82, 2.24) is 4.90 Å². The van der Waals surface area contributed by atoms with Gasteiger partial charge in [0, 0.05) is 24.3 Å². The molecule has 0 aliphatic carbocycles. The van der Waals surface area contributed by atoms with E-state index in [1.165, 1.54) is 0 Å². The molecule has 1 heterocycles. The summed E-state index contributed by atoms with van der Waals surface area (Å²) in [6.07, 6.45) is 0.607. The number of nitrogens with two attached hydrogens (primary N) is 2. The van der Waals surface area contributed by atoms with E-state index in [4.69, 9.17) is 11.5 Å². The van der Waals surface area contributed by atoms with Gasteiger partial charge in [0.15, 0.2) is 0 Å². The topological polar surface area (TPSA) is 89.4 Å². The van der Waals surface area contributed by atoms with E-state index in [2.05, 4.69) is 0 Å². The summed E-state index contributed by atoms with van der Waals surface area (Å²) in [6.45, 7) is 4.59. The molecule has 0 aromatic heterocycles. The highest BCUT2D eigenvalue weighted by atomic mass is 16.2. The second kappa shape index (κ2) is 4.57. The first-order valence-electron chi connectivity index (χ1n) is 6.29. The Bertz CT molecular complexity index is 541. The number of benzene rings is 1. The fourth-order valence-electron chi connectivity index (χ4n) is 2.38. The molecular formula is C14H19N3O2. The van der Waals surface area contributed by atoms with Gasteiger partial charge in [-0.15, -0.1) is 0 Å². The summed E-state index contributed by atoms with van der Waals surface area (Å²) in [6, 6.07) is 5.27. The predicted molar refractivity (Wildman–Crippen MR) is 73.4 cm³/mol. The number of nitrogen functional groups attached to an aromatic ring is 1. The van der Waals surface area contributed by atoms with E-state index in [0.717, 1.165) is 5.56 Å². The zero-order valence-electron chi connectivity index (χ0n) is 11.3. The summed E-state index contributed by atoms with van der Waals surface area (Å²) in [5.74, 6) is -0.443. The molecule has 1 aliphatic rings. The largest absolute Gasteiger partial charge is 0.399 e. The molecule has 0 spiro atoms. The van der Waals surface area contributed by atoms with E-state index >= 15 is 0 Å². The van der Waals surface area contributed by atoms with Crippen molar-refractivity contribution in [3.05, 3.63) is 29.3 Å². The van der Waals surface area contributed by atoms with Crippen molar-refractivity contribution in [2.75, 3.05) is 18.8 Å². The first kappa shape index (κ1) is 13.4. The summed E-state index contributed by atoms with van der Waals surface area (Å²) in [4.78, 5) is 25.5. The van der Waals surface area contributed by atoms with Gasteiger partial charge < -0.3 is 16.4 Å². The first-order valence-corrected chi connectivity index (χ1v) is 6.29. The summed E-state index contributed by atoms with van der Waals surface area (Å²) in [5.41, 5.74) is 12.5. The van der Waals surface area contributed by atoms with Crippen LogP contribution in [-0.2, 0) is 4.79 Å². The normalized spacial score (nSPS) is 22.5. The summed E-state index contributed by atoms with van der Waals surface area (Å²) in [7, 11) is 0. The Kier molecular flexibility index (Phi) is 3.22. The molecule has 0 saturated carbocycles. The molecule has 1 unspecified atom stereocenters. The van der Waals surface area contributed by atoms with Crippen molar-refractivity contribution >= 4 is 17.5 Å². The third-order valence-corrected chi connectivity index (χ3v) is 3.85. The lowest BCUT2D eigenvalue weighted by atomic mass is 9.89. The van der Waals surface area contributed by atoms with E-state index in [-0.39, 0.29) is 11.8 Å². The number of likely N-dealkylation sites (tertiary alicyclic amines) is 1. The molecule has 1 saturated heterocycles. The number of hydrogen-bond acceptors (Lipinski definition) is 3. The van der Waals surface area contributed by atoms with Crippen molar-refractivity contribution in [3.63, 3.8) is 0 Å². The summed E-state index contributed by atoms with van der Waals surface area (Å²) < 4.78 is 0. The standard InChI is InChI=1S/C14H19N3O2/c1-9-3-4-10(15)7-11(9)12(18)17-6-5-14(2,8-17)13(16)19/h3-4,7H,5-6,8,15H2,1-2H3,(H2,16,19). The Hall–Kier alpha value is -2.04. The smallest absolute Gasteiger partial charge is 0.254 e. The molecular weight excluding hydrogens is 242 g/mol. The molecule has 0 bridgehead atoms. The number of anilines is 1. The molecule has 2 amide bonds. The molecule has 0 radical (unpaired) electrons. The van der Waals surface area contributed by atoms with Crippen LogP contribution in [0.25, 0.3) is 0 Å². The number of nitrogens with zero attached hydrogens (tertiary/aromatic N) is 1. The fraction of sp³-hybridized carbons (Fsp3) is 0.429. The molecule has 2 rings (SSSR count). The maximum Gasteiger partial charge on any atom is 0.254 e. The zero-order valence-corrected chi connectivity index (χ0v) is 11.3. The molecule has 1 aliphatic heterocycles. The average molecular weight is 261 g/mol. The summed E-state index contributed by atoms with van der Waals surface area (Å²) in [5, 5.41) is 0. The van der Waals surface area contributed by atoms with Gasteiger partial charge in [-0.1, -0.05) is 6.07 Å². The van der Waals surface area contributed by atoms with Crippen LogP contribution in [0.5, 0.6) is 0 Å². The van der Waals surface area contributed by atoms with Gasteiger partial charge in [-0.25, -0.2) is 0 Å². The van der Waals surface area contributed by atoms with Crippen molar-refractivity contribution in [2.24, 2.45) is 11.1 Å². The van der Waals surface area contributed by atoms with Crippen molar-refractivity contribution in [2.45, 2.75) is 20.3 Å². The van der Waals surface area contributed by atoms with Crippen molar-refractivity contribution in [3.8, 4) is 0 Å². The fourth-order valence-corrected chi connectivity index (χ4v) is 2.38. The van der Waals surface area contributed by atoms with Gasteiger partial charge in [-0.2, -0.15) is 0 Å². The van der Waals surface area contributed by atoms with Crippen LogP contribution >= 0.6 is 0 Å². The maximum absolute atomic E-state index is 12.4. The Morgan fingerprint density at radius 1 is 1.37 bits per heavy atom. The van der Waals surface area contributed by atoms with Crippen LogP contribution < -0.4 is 11.5 Å². The summed E-state index contributed by atoms with van der Waals surface area (Å²) >= 11 is 0. The second-order valence-corrected chi connectivity index (χ2v) is 5.48. The van der Waals surface area contributed by atoms with Gasteiger partial charge in [0.1, 0.15) is 0 Å². The lowest BCUT2D eigenvalue weighted by Crippen LogP contribution is -2.38. The third-order valence-electron chi connectivity index (χ3n) is 3.85. The van der Waals surface area contributed by atoms with E-state index < -0.39 is 5.41 Å². The Morgan fingerprint density at radius 3 is 2.63 bits per heavy atom. The molecule has 1 aromatic carbocycles.